The van der Waals surface area contributed by atoms with E-state index in [-0.39, 0.29) is 57.9 Å². The highest BCUT2D eigenvalue weighted by atomic mass is 19.3. The Hall–Kier alpha value is -4.10. The van der Waals surface area contributed by atoms with E-state index in [0.29, 0.717) is 29.1 Å². The van der Waals surface area contributed by atoms with Crippen LogP contribution in [0.3, 0.4) is 0 Å². The lowest BCUT2D eigenvalue weighted by Gasteiger charge is -2.50. The highest BCUT2D eigenvalue weighted by Gasteiger charge is 2.52. The number of ether oxygens (including phenoxy) is 1. The van der Waals surface area contributed by atoms with Crippen LogP contribution in [0.5, 0.6) is 5.75 Å². The van der Waals surface area contributed by atoms with Gasteiger partial charge in [-0.15, -0.1) is 0 Å². The zero-order valence-corrected chi connectivity index (χ0v) is 21.7. The fourth-order valence-electron chi connectivity index (χ4n) is 6.72. The normalized spacial score (nSPS) is 28.0. The van der Waals surface area contributed by atoms with E-state index in [1.807, 2.05) is 6.92 Å². The molecule has 1 aliphatic heterocycles. The molecule has 41 heavy (non-hydrogen) atoms. The Balaban J connectivity index is 1.37. The largest absolute Gasteiger partial charge is 0.434 e. The van der Waals surface area contributed by atoms with Crippen molar-refractivity contribution >= 4 is 11.6 Å². The van der Waals surface area contributed by atoms with Crippen molar-refractivity contribution in [3.05, 3.63) is 70.8 Å². The number of aliphatic hydroxyl groups is 1. The summed E-state index contributed by atoms with van der Waals surface area (Å²) in [6, 6.07) is 2.94. The highest BCUT2D eigenvalue weighted by molar-refractivity contribution is 5.98. The van der Waals surface area contributed by atoms with Gasteiger partial charge in [0, 0.05) is 58.3 Å². The zero-order valence-electron chi connectivity index (χ0n) is 24.7. The number of hydrogen-bond acceptors (Lipinski definition) is 8. The van der Waals surface area contributed by atoms with Gasteiger partial charge in [-0.3, -0.25) is 4.79 Å². The van der Waals surface area contributed by atoms with Gasteiger partial charge in [0.2, 0.25) is 0 Å². The van der Waals surface area contributed by atoms with Crippen LogP contribution in [-0.4, -0.2) is 60.7 Å². The molecule has 4 aromatic rings. The average molecular weight is 569 g/mol. The van der Waals surface area contributed by atoms with Crippen molar-refractivity contribution in [1.82, 2.24) is 29.5 Å². The summed E-state index contributed by atoms with van der Waals surface area (Å²) >= 11 is 0. The molecule has 3 N–H and O–H groups in total. The maximum Gasteiger partial charge on any atom is 0.387 e. The van der Waals surface area contributed by atoms with Crippen LogP contribution >= 0.6 is 0 Å². The third kappa shape index (κ3) is 3.75. The van der Waals surface area contributed by atoms with Crippen molar-refractivity contribution in [2.24, 2.45) is 11.1 Å². The molecule has 4 heterocycles. The van der Waals surface area contributed by atoms with E-state index in [9.17, 15) is 18.7 Å². The molecule has 2 atom stereocenters. The second-order valence-electron chi connectivity index (χ2n) is 11.4. The number of alkyl halides is 2. The molecular weight excluding hydrogens is 539 g/mol. The summed E-state index contributed by atoms with van der Waals surface area (Å²) in [4.78, 5) is 27.6. The summed E-state index contributed by atoms with van der Waals surface area (Å²) in [6.45, 7) is -4.21. The number of fused-ring (bicyclic) bond motifs is 9. The van der Waals surface area contributed by atoms with Gasteiger partial charge in [0.25, 0.3) is 5.91 Å². The van der Waals surface area contributed by atoms with Crippen LogP contribution in [0.1, 0.15) is 75.3 Å². The summed E-state index contributed by atoms with van der Waals surface area (Å²) in [5.41, 5.74) is 6.11. The summed E-state index contributed by atoms with van der Waals surface area (Å²) in [7, 11) is 0. The number of amides is 1. The van der Waals surface area contributed by atoms with E-state index in [1.54, 1.807) is 0 Å². The average Bonchev–Trinajstić information content (AvgIpc) is 3.43. The Morgan fingerprint density at radius 3 is 2.71 bits per heavy atom. The van der Waals surface area contributed by atoms with E-state index in [1.165, 1.54) is 30.6 Å². The van der Waals surface area contributed by atoms with Crippen molar-refractivity contribution in [3.8, 4) is 17.0 Å². The lowest BCUT2D eigenvalue weighted by atomic mass is 9.58. The number of halogens is 3. The van der Waals surface area contributed by atoms with E-state index >= 15 is 4.39 Å². The van der Waals surface area contributed by atoms with Gasteiger partial charge in [-0.1, -0.05) is 13.0 Å². The van der Waals surface area contributed by atoms with Crippen LogP contribution in [0, 0.1) is 11.2 Å². The van der Waals surface area contributed by atoms with Crippen LogP contribution in [-0.2, 0) is 5.54 Å². The van der Waals surface area contributed by atoms with E-state index in [0.717, 1.165) is 10.7 Å². The number of aliphatic hydroxyl groups excluding tert-OH is 1. The first-order chi connectivity index (χ1) is 20.7. The second-order valence-corrected chi connectivity index (χ2v) is 11.4. The molecule has 0 radical (unpaired) electrons. The summed E-state index contributed by atoms with van der Waals surface area (Å²) in [5.74, 6) is -2.39. The predicted octanol–water partition coefficient (Wildman–Crippen LogP) is 3.54. The summed E-state index contributed by atoms with van der Waals surface area (Å²) in [5, 5.41) is 14.0. The molecular formula is C28H26F3N7O3. The smallest absolute Gasteiger partial charge is 0.387 e. The molecule has 0 spiro atoms. The van der Waals surface area contributed by atoms with E-state index in [2.05, 4.69) is 20.1 Å². The van der Waals surface area contributed by atoms with Crippen molar-refractivity contribution in [1.29, 1.82) is 0 Å². The molecule has 2 bridgehead atoms. The lowest BCUT2D eigenvalue weighted by molar-refractivity contribution is -0.0505. The van der Waals surface area contributed by atoms with Crippen LogP contribution in [0.25, 0.3) is 16.9 Å². The first-order valence-electron chi connectivity index (χ1n) is 14.5. The third-order valence-corrected chi connectivity index (χ3v) is 8.38. The molecule has 2 aliphatic carbocycles. The third-order valence-electron chi connectivity index (χ3n) is 8.38. The fourth-order valence-corrected chi connectivity index (χ4v) is 6.72. The Morgan fingerprint density at radius 1 is 1.27 bits per heavy atom. The van der Waals surface area contributed by atoms with Gasteiger partial charge in [-0.25, -0.2) is 23.9 Å². The number of carbonyl (C=O) groups excluding carboxylic acids is 1. The standard InChI is InChI=1S/C28H26F3N7O3/c1-27(12-39)10-28(32,11-27)25-33-7-13(8-34-25)21-16(29)9-38-23(35-21)20-15-6-17(22(20)36-38)37(2)24(40)14-4-3-5-18(19(14)15)41-26(30)31/h3-5,7-9,15,17,26,39H,6,10-12,32H2,1-2H3/t15-,17-,27?,28?/m1/s1/i2D3. The van der Waals surface area contributed by atoms with Gasteiger partial charge in [0.1, 0.15) is 17.3 Å². The molecule has 10 nitrogen and oxygen atoms in total. The van der Waals surface area contributed by atoms with Crippen LogP contribution < -0.4 is 10.5 Å². The summed E-state index contributed by atoms with van der Waals surface area (Å²) in [6.07, 6.45) is 4.84. The predicted molar refractivity (Wildman–Crippen MR) is 139 cm³/mol. The van der Waals surface area contributed by atoms with Gasteiger partial charge in [0.05, 0.1) is 23.5 Å². The topological polar surface area (TPSA) is 132 Å². The minimum atomic E-state index is -3.20. The molecule has 1 fully saturated rings. The van der Waals surface area contributed by atoms with Crippen LogP contribution in [0.15, 0.2) is 36.8 Å². The first kappa shape index (κ1) is 22.6. The van der Waals surface area contributed by atoms with Gasteiger partial charge in [-0.2, -0.15) is 13.9 Å². The Morgan fingerprint density at radius 2 is 2.02 bits per heavy atom. The number of rotatable bonds is 5. The van der Waals surface area contributed by atoms with Crippen molar-refractivity contribution < 1.29 is 31.9 Å². The first-order valence-corrected chi connectivity index (χ1v) is 13.0. The minimum absolute atomic E-state index is 0.0186. The molecule has 3 aliphatic rings. The van der Waals surface area contributed by atoms with Gasteiger partial charge in [-0.05, 0) is 36.8 Å². The zero-order chi connectivity index (χ0) is 31.3. The molecule has 1 amide bonds. The SMILES string of the molecule is [2H]C([2H])([2H])N1C(=O)c2cccc(OC(F)F)c2[C@H]2C[C@@H]1c1nn3cc(F)c(-c4cnc(C5(N)CC(C)(CO)C5)nc4)nc3c12. The quantitative estimate of drug-likeness (QED) is 0.374. The molecule has 0 saturated heterocycles. The monoisotopic (exact) mass is 568 g/mol. The number of aromatic nitrogens is 5. The van der Waals surface area contributed by atoms with Crippen molar-refractivity contribution in [2.45, 2.75) is 50.3 Å². The molecule has 13 heteroatoms. The molecule has 0 unspecified atom stereocenters. The Kier molecular flexibility index (Phi) is 4.79. The van der Waals surface area contributed by atoms with E-state index < -0.39 is 42.8 Å². The van der Waals surface area contributed by atoms with Crippen molar-refractivity contribution in [2.75, 3.05) is 13.6 Å². The maximum absolute atomic E-state index is 15.5. The number of carbonyl (C=O) groups is 1. The van der Waals surface area contributed by atoms with E-state index in [4.69, 9.17) is 14.6 Å². The Bertz CT molecular complexity index is 1830. The molecule has 1 saturated carbocycles. The van der Waals surface area contributed by atoms with Gasteiger partial charge in [0.15, 0.2) is 11.5 Å². The van der Waals surface area contributed by atoms with Crippen molar-refractivity contribution in [3.63, 3.8) is 0 Å². The van der Waals surface area contributed by atoms with Crippen LogP contribution in [0.2, 0.25) is 0 Å². The molecule has 3 aromatic heterocycles. The maximum atomic E-state index is 15.5. The number of nitrogens with zero attached hydrogens (tertiary/aromatic N) is 6. The molecule has 1 aromatic carbocycles. The number of nitrogens with two attached hydrogens (primary N) is 1. The van der Waals surface area contributed by atoms with Gasteiger partial charge >= 0.3 is 6.61 Å². The number of benzene rings is 1. The lowest BCUT2D eigenvalue weighted by Crippen LogP contribution is -2.56. The fraction of sp³-hybridized carbons (Fsp3) is 0.393. The van der Waals surface area contributed by atoms with Gasteiger partial charge < -0.3 is 20.5 Å². The molecule has 7 rings (SSSR count). The summed E-state index contributed by atoms with van der Waals surface area (Å²) < 4.78 is 72.7. The highest BCUT2D eigenvalue weighted by Crippen LogP contribution is 2.54. The van der Waals surface area contributed by atoms with Crippen LogP contribution in [0.4, 0.5) is 13.2 Å². The number of hydrogen-bond donors (Lipinski definition) is 2. The second kappa shape index (κ2) is 8.70. The minimum Gasteiger partial charge on any atom is -0.434 e. The Labute approximate surface area is 236 Å². The molecule has 212 valence electrons.